The quantitative estimate of drug-likeness (QED) is 0.582. The van der Waals surface area contributed by atoms with Crippen molar-refractivity contribution in [2.45, 2.75) is 25.8 Å². The van der Waals surface area contributed by atoms with E-state index in [1.54, 1.807) is 36.8 Å². The Bertz CT molecular complexity index is 735. The zero-order chi connectivity index (χ0) is 17.6. The van der Waals surface area contributed by atoms with Gasteiger partial charge in [0.1, 0.15) is 6.54 Å². The molecule has 1 N–H and O–H groups in total. The van der Waals surface area contributed by atoms with Gasteiger partial charge in [-0.3, -0.25) is 19.3 Å². The Hall–Kier alpha value is -2.96. The van der Waals surface area contributed by atoms with Crippen molar-refractivity contribution >= 4 is 17.7 Å². The number of benzene rings is 1. The van der Waals surface area contributed by atoms with Crippen LogP contribution in [0.4, 0.5) is 0 Å². The number of hydrogen-bond donors (Lipinski definition) is 1. The fourth-order valence-electron chi connectivity index (χ4n) is 2.83. The average Bonchev–Trinajstić information content (AvgIpc) is 3.22. The van der Waals surface area contributed by atoms with E-state index in [0.717, 1.165) is 30.7 Å². The minimum Gasteiger partial charge on any atom is -0.355 e. The Morgan fingerprint density at radius 2 is 1.76 bits per heavy atom. The Morgan fingerprint density at radius 3 is 2.40 bits per heavy atom. The van der Waals surface area contributed by atoms with Crippen LogP contribution in [0.25, 0.3) is 0 Å². The Balaban J connectivity index is 1.37. The number of nitrogens with one attached hydrogen (secondary N) is 1. The van der Waals surface area contributed by atoms with Crippen LogP contribution in [-0.2, 0) is 11.3 Å². The second-order valence-corrected chi connectivity index (χ2v) is 5.95. The molecule has 1 aromatic carbocycles. The van der Waals surface area contributed by atoms with Crippen molar-refractivity contribution in [2.24, 2.45) is 0 Å². The molecule has 0 radical (unpaired) electrons. The third-order valence-corrected chi connectivity index (χ3v) is 4.15. The van der Waals surface area contributed by atoms with Gasteiger partial charge in [-0.2, -0.15) is 0 Å². The number of rotatable bonds is 8. The summed E-state index contributed by atoms with van der Waals surface area (Å²) in [7, 11) is 0. The lowest BCUT2D eigenvalue weighted by atomic mass is 10.1. The summed E-state index contributed by atoms with van der Waals surface area (Å²) in [4.78, 5) is 41.3. The zero-order valence-corrected chi connectivity index (χ0v) is 13.9. The predicted octanol–water partition coefficient (Wildman–Crippen LogP) is 1.47. The molecule has 7 heteroatoms. The average molecular weight is 340 g/mol. The van der Waals surface area contributed by atoms with Gasteiger partial charge in [0.25, 0.3) is 11.8 Å². The van der Waals surface area contributed by atoms with E-state index in [4.69, 9.17) is 0 Å². The number of imidazole rings is 1. The third-order valence-electron chi connectivity index (χ3n) is 4.15. The number of carbonyl (C=O) groups is 3. The molecular weight excluding hydrogens is 320 g/mol. The van der Waals surface area contributed by atoms with Crippen LogP contribution in [-0.4, -0.2) is 45.3 Å². The van der Waals surface area contributed by atoms with E-state index in [-0.39, 0.29) is 12.5 Å². The Labute approximate surface area is 145 Å². The molecule has 25 heavy (non-hydrogen) atoms. The molecule has 0 aliphatic carbocycles. The van der Waals surface area contributed by atoms with Crippen LogP contribution < -0.4 is 5.32 Å². The number of fused-ring (bicyclic) bond motifs is 1. The first-order valence-corrected chi connectivity index (χ1v) is 8.34. The van der Waals surface area contributed by atoms with Gasteiger partial charge < -0.3 is 9.88 Å². The van der Waals surface area contributed by atoms with Crippen molar-refractivity contribution in [3.63, 3.8) is 0 Å². The maximum atomic E-state index is 12.2. The number of unbranched alkanes of at least 4 members (excludes halogenated alkanes) is 2. The van der Waals surface area contributed by atoms with Crippen molar-refractivity contribution in [2.75, 3.05) is 13.1 Å². The van der Waals surface area contributed by atoms with Crippen molar-refractivity contribution in [3.05, 3.63) is 54.1 Å². The molecule has 7 nitrogen and oxygen atoms in total. The number of imide groups is 1. The third kappa shape index (κ3) is 3.93. The topological polar surface area (TPSA) is 84.3 Å². The van der Waals surface area contributed by atoms with E-state index >= 15 is 0 Å². The van der Waals surface area contributed by atoms with Crippen LogP contribution in [0.3, 0.4) is 0 Å². The minimum atomic E-state index is -0.406. The van der Waals surface area contributed by atoms with Gasteiger partial charge in [0, 0.05) is 25.5 Å². The molecule has 3 rings (SSSR count). The maximum Gasteiger partial charge on any atom is 0.262 e. The normalized spacial score (nSPS) is 13.2. The fourth-order valence-corrected chi connectivity index (χ4v) is 2.83. The maximum absolute atomic E-state index is 12.2. The number of amides is 3. The van der Waals surface area contributed by atoms with Crippen LogP contribution in [0.15, 0.2) is 43.0 Å². The van der Waals surface area contributed by atoms with E-state index in [0.29, 0.717) is 17.7 Å². The van der Waals surface area contributed by atoms with Crippen molar-refractivity contribution in [1.82, 2.24) is 19.8 Å². The number of nitrogens with zero attached hydrogens (tertiary/aromatic N) is 3. The van der Waals surface area contributed by atoms with Gasteiger partial charge in [-0.1, -0.05) is 12.1 Å². The monoisotopic (exact) mass is 340 g/mol. The van der Waals surface area contributed by atoms with Crippen molar-refractivity contribution in [3.8, 4) is 0 Å². The molecule has 2 heterocycles. The molecule has 0 unspecified atom stereocenters. The summed E-state index contributed by atoms with van der Waals surface area (Å²) in [5.74, 6) is -1.13. The van der Waals surface area contributed by atoms with Crippen LogP contribution in [0.2, 0.25) is 0 Å². The molecule has 0 saturated heterocycles. The lowest BCUT2D eigenvalue weighted by Gasteiger charge is -2.13. The van der Waals surface area contributed by atoms with Gasteiger partial charge in [-0.05, 0) is 31.4 Å². The molecule has 0 saturated carbocycles. The SMILES string of the molecule is O=C(CN1C(=O)c2ccccc2C1=O)NCCCCCn1ccnc1. The van der Waals surface area contributed by atoms with Gasteiger partial charge in [0.05, 0.1) is 17.5 Å². The highest BCUT2D eigenvalue weighted by molar-refractivity contribution is 6.22. The molecule has 2 aromatic rings. The smallest absolute Gasteiger partial charge is 0.262 e. The molecule has 1 aromatic heterocycles. The fraction of sp³-hybridized carbons (Fsp3) is 0.333. The predicted molar refractivity (Wildman–Crippen MR) is 90.9 cm³/mol. The van der Waals surface area contributed by atoms with Gasteiger partial charge in [0.15, 0.2) is 0 Å². The second-order valence-electron chi connectivity index (χ2n) is 5.95. The van der Waals surface area contributed by atoms with Gasteiger partial charge >= 0.3 is 0 Å². The molecule has 130 valence electrons. The largest absolute Gasteiger partial charge is 0.355 e. The molecule has 0 atom stereocenters. The summed E-state index contributed by atoms with van der Waals surface area (Å²) >= 11 is 0. The van der Waals surface area contributed by atoms with Crippen molar-refractivity contribution < 1.29 is 14.4 Å². The number of aryl methyl sites for hydroxylation is 1. The van der Waals surface area contributed by atoms with E-state index in [9.17, 15) is 14.4 Å². The summed E-state index contributed by atoms with van der Waals surface area (Å²) in [6, 6.07) is 6.62. The minimum absolute atomic E-state index is 0.235. The first kappa shape index (κ1) is 16.9. The summed E-state index contributed by atoms with van der Waals surface area (Å²) < 4.78 is 2.01. The van der Waals surface area contributed by atoms with E-state index < -0.39 is 11.8 Å². The molecule has 0 spiro atoms. The number of aromatic nitrogens is 2. The highest BCUT2D eigenvalue weighted by Gasteiger charge is 2.36. The molecule has 3 amide bonds. The highest BCUT2D eigenvalue weighted by atomic mass is 16.2. The van der Waals surface area contributed by atoms with Gasteiger partial charge in [-0.15, -0.1) is 0 Å². The van der Waals surface area contributed by atoms with Gasteiger partial charge in [-0.25, -0.2) is 4.98 Å². The molecule has 0 bridgehead atoms. The van der Waals surface area contributed by atoms with E-state index in [1.165, 1.54) is 0 Å². The summed E-state index contributed by atoms with van der Waals surface area (Å²) in [5, 5.41) is 2.77. The first-order valence-electron chi connectivity index (χ1n) is 8.34. The number of carbonyl (C=O) groups excluding carboxylic acids is 3. The molecule has 0 fully saturated rings. The lowest BCUT2D eigenvalue weighted by Crippen LogP contribution is -2.40. The summed E-state index contributed by atoms with van der Waals surface area (Å²) in [6.45, 7) is 1.20. The van der Waals surface area contributed by atoms with E-state index in [2.05, 4.69) is 10.3 Å². The summed E-state index contributed by atoms with van der Waals surface area (Å²) in [6.07, 6.45) is 8.28. The molecule has 1 aliphatic rings. The van der Waals surface area contributed by atoms with Crippen LogP contribution in [0, 0.1) is 0 Å². The molecule has 1 aliphatic heterocycles. The van der Waals surface area contributed by atoms with Crippen LogP contribution in [0.5, 0.6) is 0 Å². The summed E-state index contributed by atoms with van der Waals surface area (Å²) in [5.41, 5.74) is 0.722. The van der Waals surface area contributed by atoms with E-state index in [1.807, 2.05) is 10.8 Å². The highest BCUT2D eigenvalue weighted by Crippen LogP contribution is 2.21. The Morgan fingerprint density at radius 1 is 1.04 bits per heavy atom. The Kier molecular flexibility index (Phi) is 5.23. The standard InChI is InChI=1S/C18H20N4O3/c23-16(20-8-4-1-5-10-21-11-9-19-13-21)12-22-17(24)14-6-2-3-7-15(14)18(22)25/h2-3,6-7,9,11,13H,1,4-5,8,10,12H2,(H,20,23). The first-order chi connectivity index (χ1) is 12.2. The van der Waals surface area contributed by atoms with Crippen molar-refractivity contribution in [1.29, 1.82) is 0 Å². The zero-order valence-electron chi connectivity index (χ0n) is 13.9. The van der Waals surface area contributed by atoms with Gasteiger partial charge in [0.2, 0.25) is 5.91 Å². The lowest BCUT2D eigenvalue weighted by molar-refractivity contribution is -0.121. The van der Waals surface area contributed by atoms with Crippen LogP contribution in [0.1, 0.15) is 40.0 Å². The number of hydrogen-bond acceptors (Lipinski definition) is 4. The molecular formula is C18H20N4O3. The second kappa shape index (κ2) is 7.74. The van der Waals surface area contributed by atoms with Crippen LogP contribution >= 0.6 is 0 Å².